The quantitative estimate of drug-likeness (QED) is 0.476. The second-order valence-corrected chi connectivity index (χ2v) is 8.77. The van der Waals surface area contributed by atoms with Crippen LogP contribution in [0, 0.1) is 20.8 Å². The number of pyridine rings is 1. The van der Waals surface area contributed by atoms with Gasteiger partial charge in [-0.15, -0.1) is 11.3 Å². The zero-order valence-electron chi connectivity index (χ0n) is 16.3. The van der Waals surface area contributed by atoms with Gasteiger partial charge in [0.05, 0.1) is 11.7 Å². The summed E-state index contributed by atoms with van der Waals surface area (Å²) in [6, 6.07) is 5.51. The highest BCUT2D eigenvalue weighted by Gasteiger charge is 2.26. The Morgan fingerprint density at radius 2 is 2.14 bits per heavy atom. The summed E-state index contributed by atoms with van der Waals surface area (Å²) in [5.74, 6) is 0.246. The number of hydrogen-bond donors (Lipinski definition) is 1. The van der Waals surface area contributed by atoms with Crippen molar-refractivity contribution in [1.82, 2.24) is 20.4 Å². The van der Waals surface area contributed by atoms with Crippen molar-refractivity contribution in [2.45, 2.75) is 33.2 Å². The van der Waals surface area contributed by atoms with E-state index in [9.17, 15) is 4.79 Å². The number of rotatable bonds is 6. The van der Waals surface area contributed by atoms with Crippen LogP contribution in [-0.2, 0) is 6.42 Å². The molecular weight excluding hydrogens is 404 g/mol. The van der Waals surface area contributed by atoms with Crippen molar-refractivity contribution in [3.8, 4) is 11.3 Å². The Kier molecular flexibility index (Phi) is 5.55. The van der Waals surface area contributed by atoms with E-state index in [2.05, 4.69) is 31.9 Å². The topological polar surface area (TPSA) is 80.9 Å². The summed E-state index contributed by atoms with van der Waals surface area (Å²) in [6.45, 7) is 5.78. The molecule has 4 heterocycles. The van der Waals surface area contributed by atoms with Crippen LogP contribution in [0.15, 0.2) is 45.9 Å². The molecule has 4 rings (SSSR count). The third-order valence-corrected chi connectivity index (χ3v) is 6.61. The molecule has 4 aromatic rings. The molecule has 8 heteroatoms. The summed E-state index contributed by atoms with van der Waals surface area (Å²) in [4.78, 5) is 23.2. The molecule has 0 saturated carbocycles. The van der Waals surface area contributed by atoms with Gasteiger partial charge in [-0.2, -0.15) is 11.3 Å². The van der Waals surface area contributed by atoms with E-state index < -0.39 is 0 Å². The summed E-state index contributed by atoms with van der Waals surface area (Å²) >= 11 is 3.26. The molecule has 1 amide bonds. The van der Waals surface area contributed by atoms with E-state index in [1.807, 2.05) is 31.4 Å². The summed E-state index contributed by atoms with van der Waals surface area (Å²) < 4.78 is 5.34. The fourth-order valence-electron chi connectivity index (χ4n) is 3.06. The van der Waals surface area contributed by atoms with Gasteiger partial charge in [0.1, 0.15) is 22.0 Å². The van der Waals surface area contributed by atoms with Gasteiger partial charge in [-0.1, -0.05) is 5.16 Å². The summed E-state index contributed by atoms with van der Waals surface area (Å²) in [6.07, 6.45) is 4.03. The number of thiophene rings is 1. The van der Waals surface area contributed by atoms with Crippen molar-refractivity contribution >= 4 is 28.6 Å². The number of nitrogens with zero attached hydrogens (tertiary/aromatic N) is 3. The number of amides is 1. The zero-order chi connectivity index (χ0) is 20.4. The minimum atomic E-state index is -0.231. The lowest BCUT2D eigenvalue weighted by Crippen LogP contribution is -2.30. The van der Waals surface area contributed by atoms with E-state index in [0.717, 1.165) is 21.1 Å². The number of hydrogen-bond acceptors (Lipinski definition) is 7. The second kappa shape index (κ2) is 8.26. The number of carbonyl (C=O) groups is 1. The van der Waals surface area contributed by atoms with E-state index in [0.29, 0.717) is 23.4 Å². The lowest BCUT2D eigenvalue weighted by atomic mass is 10.1. The lowest BCUT2D eigenvalue weighted by molar-refractivity contribution is 0.0935. The average Bonchev–Trinajstić information content (AvgIpc) is 3.43. The number of thiazole rings is 1. The Labute approximate surface area is 176 Å². The van der Waals surface area contributed by atoms with Crippen molar-refractivity contribution < 1.29 is 9.32 Å². The molecule has 0 spiro atoms. The Bertz CT molecular complexity index is 1100. The molecule has 4 aromatic heterocycles. The lowest BCUT2D eigenvalue weighted by Gasteiger charge is -2.16. The molecule has 148 valence electrons. The Balaban J connectivity index is 1.66. The first kappa shape index (κ1) is 19.5. The summed E-state index contributed by atoms with van der Waals surface area (Å²) in [5.41, 5.74) is 3.82. The first-order valence-corrected chi connectivity index (χ1v) is 10.9. The van der Waals surface area contributed by atoms with Gasteiger partial charge >= 0.3 is 0 Å². The number of aromatic nitrogens is 3. The minimum absolute atomic E-state index is 0.228. The molecule has 0 aromatic carbocycles. The molecule has 0 bridgehead atoms. The van der Waals surface area contributed by atoms with Crippen LogP contribution >= 0.6 is 22.7 Å². The van der Waals surface area contributed by atoms with Crippen molar-refractivity contribution in [1.29, 1.82) is 0 Å². The SMILES string of the molecule is Cc1nc([C@H](Cc2ccsc2)NC(=O)c2c(-c3cccnc3)noc2C)sc1C. The van der Waals surface area contributed by atoms with Crippen molar-refractivity contribution in [2.75, 3.05) is 0 Å². The predicted octanol–water partition coefficient (Wildman–Crippen LogP) is 4.89. The smallest absolute Gasteiger partial charge is 0.257 e. The van der Waals surface area contributed by atoms with Crippen molar-refractivity contribution in [3.05, 3.63) is 73.8 Å². The average molecular weight is 425 g/mol. The Morgan fingerprint density at radius 3 is 2.79 bits per heavy atom. The molecule has 29 heavy (non-hydrogen) atoms. The largest absolute Gasteiger partial charge is 0.360 e. The van der Waals surface area contributed by atoms with Gasteiger partial charge in [-0.3, -0.25) is 9.78 Å². The van der Waals surface area contributed by atoms with Crippen LogP contribution in [-0.4, -0.2) is 21.0 Å². The van der Waals surface area contributed by atoms with E-state index in [4.69, 9.17) is 4.52 Å². The maximum absolute atomic E-state index is 13.3. The maximum atomic E-state index is 13.3. The molecule has 0 aliphatic rings. The Hall–Kier alpha value is -2.84. The highest BCUT2D eigenvalue weighted by atomic mass is 32.1. The van der Waals surface area contributed by atoms with Gasteiger partial charge in [0.15, 0.2) is 0 Å². The molecule has 6 nitrogen and oxygen atoms in total. The number of carbonyl (C=O) groups excluding carboxylic acids is 1. The fourth-order valence-corrected chi connectivity index (χ4v) is 4.72. The molecule has 1 atom stereocenters. The van der Waals surface area contributed by atoms with Crippen LogP contribution in [0.25, 0.3) is 11.3 Å². The first-order valence-electron chi connectivity index (χ1n) is 9.15. The van der Waals surface area contributed by atoms with Crippen molar-refractivity contribution in [3.63, 3.8) is 0 Å². The minimum Gasteiger partial charge on any atom is -0.360 e. The summed E-state index contributed by atoms with van der Waals surface area (Å²) in [5, 5.41) is 12.3. The van der Waals surface area contributed by atoms with Crippen LogP contribution in [0.1, 0.15) is 43.3 Å². The monoisotopic (exact) mass is 424 g/mol. The third-order valence-electron chi connectivity index (χ3n) is 4.69. The van der Waals surface area contributed by atoms with E-state index in [-0.39, 0.29) is 11.9 Å². The molecule has 0 aliphatic heterocycles. The van der Waals surface area contributed by atoms with Gasteiger partial charge < -0.3 is 9.84 Å². The maximum Gasteiger partial charge on any atom is 0.257 e. The van der Waals surface area contributed by atoms with Crippen LogP contribution in [0.5, 0.6) is 0 Å². The summed E-state index contributed by atoms with van der Waals surface area (Å²) in [7, 11) is 0. The fraction of sp³-hybridized carbons (Fsp3) is 0.238. The normalized spacial score (nSPS) is 12.1. The molecule has 0 radical (unpaired) electrons. The van der Waals surface area contributed by atoms with E-state index in [1.54, 1.807) is 42.0 Å². The second-order valence-electron chi connectivity index (χ2n) is 6.76. The molecule has 1 N–H and O–H groups in total. The van der Waals surface area contributed by atoms with E-state index in [1.165, 1.54) is 5.56 Å². The molecule has 0 unspecified atom stereocenters. The van der Waals surface area contributed by atoms with E-state index >= 15 is 0 Å². The molecule has 0 fully saturated rings. The van der Waals surface area contributed by atoms with Crippen LogP contribution in [0.2, 0.25) is 0 Å². The predicted molar refractivity (Wildman–Crippen MR) is 114 cm³/mol. The molecule has 0 saturated heterocycles. The van der Waals surface area contributed by atoms with Crippen LogP contribution < -0.4 is 5.32 Å². The van der Waals surface area contributed by atoms with Crippen LogP contribution in [0.4, 0.5) is 0 Å². The highest BCUT2D eigenvalue weighted by Crippen LogP contribution is 2.29. The van der Waals surface area contributed by atoms with Gasteiger partial charge in [-0.25, -0.2) is 4.98 Å². The van der Waals surface area contributed by atoms with Crippen LogP contribution in [0.3, 0.4) is 0 Å². The third kappa shape index (κ3) is 4.13. The van der Waals surface area contributed by atoms with Gasteiger partial charge in [0.25, 0.3) is 5.91 Å². The van der Waals surface area contributed by atoms with Crippen molar-refractivity contribution in [2.24, 2.45) is 0 Å². The standard InChI is InChI=1S/C21H20N4O2S2/c1-12-14(3)29-21(23-12)17(9-15-6-8-28-11-15)24-20(26)18-13(2)27-25-19(18)16-5-4-7-22-10-16/h4-8,10-11,17H,9H2,1-3H3,(H,24,26)/t17-/m0/s1. The molecular formula is C21H20N4O2S2. The van der Waals surface area contributed by atoms with Gasteiger partial charge in [0.2, 0.25) is 0 Å². The number of aryl methyl sites for hydroxylation is 3. The zero-order valence-corrected chi connectivity index (χ0v) is 17.9. The first-order chi connectivity index (χ1) is 14.0. The highest BCUT2D eigenvalue weighted by molar-refractivity contribution is 7.11. The molecule has 0 aliphatic carbocycles. The Morgan fingerprint density at radius 1 is 1.28 bits per heavy atom. The van der Waals surface area contributed by atoms with Gasteiger partial charge in [-0.05, 0) is 55.3 Å². The van der Waals surface area contributed by atoms with Gasteiger partial charge in [0, 0.05) is 29.3 Å². The number of nitrogens with one attached hydrogen (secondary N) is 1.